The van der Waals surface area contributed by atoms with Gasteiger partial charge >= 0.3 is 10.1 Å². The molecule has 0 spiro atoms. The van der Waals surface area contributed by atoms with Gasteiger partial charge in [-0.2, -0.15) is 8.42 Å². The van der Waals surface area contributed by atoms with Gasteiger partial charge in [0.1, 0.15) is 10.9 Å². The number of non-ortho nitro benzene ring substituents is 1. The summed E-state index contributed by atoms with van der Waals surface area (Å²) < 4.78 is 31.6. The number of nitro benzene ring substituents is 1. The molecule has 13 nitrogen and oxygen atoms in total. The number of hydrogen-bond acceptors (Lipinski definition) is 10. The van der Waals surface area contributed by atoms with E-state index in [1.807, 2.05) is 6.92 Å². The summed E-state index contributed by atoms with van der Waals surface area (Å²) in [5, 5.41) is 22.3. The van der Waals surface area contributed by atoms with Crippen LogP contribution < -0.4 is 15.6 Å². The fourth-order valence-electron chi connectivity index (χ4n) is 4.47. The first-order valence-electron chi connectivity index (χ1n) is 13.1. The zero-order valence-electron chi connectivity index (χ0n) is 22.7. The minimum absolute atomic E-state index is 0.0482. The Balaban J connectivity index is 1.43. The molecule has 0 bridgehead atoms. The maximum Gasteiger partial charge on any atom is 0.340 e. The van der Waals surface area contributed by atoms with E-state index >= 15 is 0 Å². The number of amides is 2. The zero-order chi connectivity index (χ0) is 31.8. The highest BCUT2D eigenvalue weighted by Gasteiger charge is 2.39. The topological polar surface area (TPSA) is 173 Å². The molecule has 2 unspecified atom stereocenters. The van der Waals surface area contributed by atoms with Gasteiger partial charge in [-0.25, -0.2) is 9.99 Å². The van der Waals surface area contributed by atoms with Crippen LogP contribution in [0.2, 0.25) is 10.0 Å². The summed E-state index contributed by atoms with van der Waals surface area (Å²) in [5.74, 6) is -1.06. The summed E-state index contributed by atoms with van der Waals surface area (Å²) in [6, 6.07) is 8.82. The van der Waals surface area contributed by atoms with Crippen LogP contribution in [0.5, 0.6) is 0 Å². The van der Waals surface area contributed by atoms with Gasteiger partial charge in [0, 0.05) is 33.9 Å². The van der Waals surface area contributed by atoms with Gasteiger partial charge in [0.25, 0.3) is 11.6 Å². The molecule has 2 N–H and O–H groups in total. The molecule has 1 aliphatic heterocycles. The molecular formula is C27H23BrCl2N6O7S. The predicted molar refractivity (Wildman–Crippen MR) is 166 cm³/mol. The molecule has 1 aliphatic carbocycles. The highest BCUT2D eigenvalue weighted by Crippen LogP contribution is 2.36. The van der Waals surface area contributed by atoms with Gasteiger partial charge < -0.3 is 14.8 Å². The second kappa shape index (κ2) is 12.7. The molecule has 2 aliphatic rings. The van der Waals surface area contributed by atoms with Crippen LogP contribution in [0.15, 0.2) is 69.2 Å². The first-order chi connectivity index (χ1) is 20.8. The minimum Gasteiger partial charge on any atom is -0.361 e. The Kier molecular flexibility index (Phi) is 9.11. The number of rotatable bonds is 9. The molecular weight excluding hydrogens is 703 g/mol. The number of carbonyl (C=O) groups is 2. The van der Waals surface area contributed by atoms with E-state index in [9.17, 15) is 28.1 Å². The number of aromatic nitrogens is 1. The van der Waals surface area contributed by atoms with Crippen LogP contribution in [0.3, 0.4) is 0 Å². The molecule has 5 rings (SSSR count). The van der Waals surface area contributed by atoms with E-state index in [1.54, 1.807) is 6.07 Å². The van der Waals surface area contributed by atoms with Gasteiger partial charge in [-0.1, -0.05) is 23.2 Å². The lowest BCUT2D eigenvalue weighted by Gasteiger charge is -2.23. The summed E-state index contributed by atoms with van der Waals surface area (Å²) in [6.45, 7) is 1.91. The third-order valence-corrected chi connectivity index (χ3v) is 9.32. The largest absolute Gasteiger partial charge is 0.361 e. The summed E-state index contributed by atoms with van der Waals surface area (Å²) in [4.78, 5) is 41.1. The van der Waals surface area contributed by atoms with Crippen LogP contribution in [-0.4, -0.2) is 48.1 Å². The van der Waals surface area contributed by atoms with E-state index < -0.39 is 32.9 Å². The van der Waals surface area contributed by atoms with E-state index in [0.29, 0.717) is 10.4 Å². The second-order valence-electron chi connectivity index (χ2n) is 10.1. The number of anilines is 2. The molecule has 3 aromatic rings. The number of nitrogens with one attached hydrogen (secondary N) is 2. The van der Waals surface area contributed by atoms with E-state index in [-0.39, 0.29) is 56.1 Å². The molecule has 0 radical (unpaired) electrons. The van der Waals surface area contributed by atoms with E-state index in [1.165, 1.54) is 24.4 Å². The number of benzene rings is 2. The van der Waals surface area contributed by atoms with Crippen LogP contribution >= 0.6 is 39.1 Å². The number of nitro groups is 1. The van der Waals surface area contributed by atoms with Crippen molar-refractivity contribution in [1.29, 1.82) is 0 Å². The number of hydrazone groups is 1. The Morgan fingerprint density at radius 2 is 1.89 bits per heavy atom. The summed E-state index contributed by atoms with van der Waals surface area (Å²) >= 11 is 16.0. The summed E-state index contributed by atoms with van der Waals surface area (Å²) in [7, 11) is -4.49. The number of carbonyl (C=O) groups excluding carboxylic acids is 2. The van der Waals surface area contributed by atoms with Crippen molar-refractivity contribution in [1.82, 2.24) is 10.3 Å². The van der Waals surface area contributed by atoms with E-state index in [4.69, 9.17) is 27.4 Å². The Hall–Kier alpha value is -3.79. The minimum atomic E-state index is -4.49. The lowest BCUT2D eigenvalue weighted by atomic mass is 10.1. The Labute approximate surface area is 270 Å². The van der Waals surface area contributed by atoms with Crippen molar-refractivity contribution >= 4 is 84.2 Å². The lowest BCUT2D eigenvalue weighted by Crippen LogP contribution is -2.40. The van der Waals surface area contributed by atoms with Crippen molar-refractivity contribution in [3.8, 4) is 0 Å². The van der Waals surface area contributed by atoms with Crippen molar-refractivity contribution < 1.29 is 27.1 Å². The molecule has 1 fully saturated rings. The van der Waals surface area contributed by atoms with Gasteiger partial charge in [0.05, 0.1) is 27.6 Å². The average molecular weight is 726 g/mol. The summed E-state index contributed by atoms with van der Waals surface area (Å²) in [6.07, 6.45) is 3.11. The molecule has 2 heterocycles. The van der Waals surface area contributed by atoms with E-state index in [2.05, 4.69) is 36.6 Å². The zero-order valence-corrected chi connectivity index (χ0v) is 26.7. The molecule has 230 valence electrons. The SMILES string of the molecule is CC(NC(=O)c1cc(Cl)cc(Br)c1NC(=O)C1CC(OS(=O)(=O)c2ccc([N+](=O)[O-])cc2)=NN1c1ncccc1Cl)C1CC1. The average Bonchev–Trinajstić information content (AvgIpc) is 3.75. The van der Waals surface area contributed by atoms with Crippen molar-refractivity contribution in [3.63, 3.8) is 0 Å². The Bertz CT molecular complexity index is 1790. The summed E-state index contributed by atoms with van der Waals surface area (Å²) in [5.41, 5.74) is -0.0538. The van der Waals surface area contributed by atoms with Crippen molar-refractivity contribution in [2.75, 3.05) is 10.3 Å². The number of hydrogen-bond donors (Lipinski definition) is 2. The monoisotopic (exact) mass is 724 g/mol. The number of nitrogens with zero attached hydrogens (tertiary/aromatic N) is 4. The quantitative estimate of drug-likeness (QED) is 0.164. The normalized spacial score (nSPS) is 17.0. The van der Waals surface area contributed by atoms with Crippen LogP contribution in [0.25, 0.3) is 0 Å². The molecule has 0 saturated heterocycles. The maximum absolute atomic E-state index is 13.8. The number of halogens is 3. The van der Waals surface area contributed by atoms with Gasteiger partial charge in [0.2, 0.25) is 11.8 Å². The molecule has 17 heteroatoms. The van der Waals surface area contributed by atoms with E-state index in [0.717, 1.165) is 42.1 Å². The third-order valence-electron chi connectivity index (χ3n) is 6.92. The molecule has 1 aromatic heterocycles. The van der Waals surface area contributed by atoms with Crippen LogP contribution in [-0.2, 0) is 19.1 Å². The molecule has 1 saturated carbocycles. The number of pyridine rings is 1. The predicted octanol–water partition coefficient (Wildman–Crippen LogP) is 5.52. The second-order valence-corrected chi connectivity index (χ2v) is 13.3. The molecule has 2 amide bonds. The van der Waals surface area contributed by atoms with Gasteiger partial charge in [-0.15, -0.1) is 5.10 Å². The first-order valence-corrected chi connectivity index (χ1v) is 16.1. The van der Waals surface area contributed by atoms with Crippen molar-refractivity contribution in [2.24, 2.45) is 11.0 Å². The standard InChI is InChI=1S/C27H23BrCl2N6O7S/c1-14(15-4-5-15)32-26(37)19-11-16(29)12-20(28)24(19)33-27(38)22-13-23(34-35(22)25-21(30)3-2-10-31-25)43-44(41,42)18-8-6-17(7-9-18)36(39)40/h2-3,6-12,14-15,22H,4-5,13H2,1H3,(H,32,37)(H,33,38). The molecule has 44 heavy (non-hydrogen) atoms. The van der Waals surface area contributed by atoms with Gasteiger partial charge in [-0.05, 0) is 78.0 Å². The van der Waals surface area contributed by atoms with Crippen LogP contribution in [0, 0.1) is 16.0 Å². The lowest BCUT2D eigenvalue weighted by molar-refractivity contribution is -0.384. The Morgan fingerprint density at radius 3 is 2.52 bits per heavy atom. The third kappa shape index (κ3) is 6.96. The molecule has 2 atom stereocenters. The molecule has 2 aromatic carbocycles. The highest BCUT2D eigenvalue weighted by molar-refractivity contribution is 9.10. The van der Waals surface area contributed by atoms with Crippen molar-refractivity contribution in [3.05, 3.63) is 84.9 Å². The van der Waals surface area contributed by atoms with Gasteiger partial charge in [-0.3, -0.25) is 19.7 Å². The maximum atomic E-state index is 13.8. The smallest absolute Gasteiger partial charge is 0.340 e. The van der Waals surface area contributed by atoms with Crippen LogP contribution in [0.1, 0.15) is 36.5 Å². The fraction of sp³-hybridized carbons (Fsp3) is 0.259. The van der Waals surface area contributed by atoms with Gasteiger partial charge in [0.15, 0.2) is 5.82 Å². The van der Waals surface area contributed by atoms with Crippen molar-refractivity contribution in [2.45, 2.75) is 43.2 Å². The highest BCUT2D eigenvalue weighted by atomic mass is 79.9. The van der Waals surface area contributed by atoms with Crippen LogP contribution in [0.4, 0.5) is 17.2 Å². The fourth-order valence-corrected chi connectivity index (χ4v) is 6.51. The Morgan fingerprint density at radius 1 is 1.18 bits per heavy atom. The first kappa shape index (κ1) is 31.6.